The second-order valence-corrected chi connectivity index (χ2v) is 13.6. The summed E-state index contributed by atoms with van der Waals surface area (Å²) in [5.74, 6) is -0.661. The molecule has 0 spiro atoms. The molecule has 7 nitrogen and oxygen atoms in total. The zero-order valence-corrected chi connectivity index (χ0v) is 26.0. The minimum Gasteiger partial charge on any atom is -0.352 e. The number of amides is 2. The largest absolute Gasteiger partial charge is 0.352 e. The number of hydrogen-bond acceptors (Lipinski definition) is 4. The maximum Gasteiger partial charge on any atom is 0.244 e. The number of hydrogen-bond donors (Lipinski definition) is 1. The molecule has 0 unspecified atom stereocenters. The molecule has 9 heteroatoms. The first kappa shape index (κ1) is 30.8. The fourth-order valence-corrected chi connectivity index (χ4v) is 6.32. The number of anilines is 1. The van der Waals surface area contributed by atoms with Crippen molar-refractivity contribution in [2.75, 3.05) is 17.1 Å². The minimum absolute atomic E-state index is 0.0687. The van der Waals surface area contributed by atoms with Gasteiger partial charge in [-0.05, 0) is 55.2 Å². The molecule has 0 saturated heterocycles. The number of nitrogens with zero attached hydrogens (tertiary/aromatic N) is 2. The van der Waals surface area contributed by atoms with E-state index in [1.165, 1.54) is 0 Å². The molecule has 3 aromatic carbocycles. The molecule has 2 amide bonds. The second kappa shape index (κ2) is 14.1. The van der Waals surface area contributed by atoms with Gasteiger partial charge in [0.15, 0.2) is 0 Å². The third-order valence-electron chi connectivity index (χ3n) is 7.49. The van der Waals surface area contributed by atoms with Crippen LogP contribution in [0.5, 0.6) is 0 Å². The summed E-state index contributed by atoms with van der Waals surface area (Å²) in [7, 11) is -3.79. The van der Waals surface area contributed by atoms with Gasteiger partial charge in [0, 0.05) is 23.5 Å². The molecule has 4 rings (SSSR count). The summed E-state index contributed by atoms with van der Waals surface area (Å²) in [5.41, 5.74) is 3.14. The van der Waals surface area contributed by atoms with Crippen molar-refractivity contribution in [2.45, 2.75) is 64.1 Å². The molecule has 1 aliphatic carbocycles. The maximum absolute atomic E-state index is 14.2. The lowest BCUT2D eigenvalue weighted by Crippen LogP contribution is -2.55. The molecule has 218 valence electrons. The fraction of sp³-hybridized carbons (Fsp3) is 0.375. The molecule has 41 heavy (non-hydrogen) atoms. The van der Waals surface area contributed by atoms with Gasteiger partial charge in [-0.3, -0.25) is 13.9 Å². The molecule has 1 aliphatic rings. The smallest absolute Gasteiger partial charge is 0.244 e. The van der Waals surface area contributed by atoms with Crippen molar-refractivity contribution in [1.82, 2.24) is 10.2 Å². The third-order valence-corrected chi connectivity index (χ3v) is 9.16. The van der Waals surface area contributed by atoms with Crippen molar-refractivity contribution < 1.29 is 18.0 Å². The summed E-state index contributed by atoms with van der Waals surface area (Å²) in [6, 6.07) is 23.5. The van der Waals surface area contributed by atoms with Crippen LogP contribution in [0.25, 0.3) is 0 Å². The predicted molar refractivity (Wildman–Crippen MR) is 167 cm³/mol. The fourth-order valence-electron chi connectivity index (χ4n) is 5.21. The van der Waals surface area contributed by atoms with Crippen LogP contribution in [0.15, 0.2) is 83.3 Å². The van der Waals surface area contributed by atoms with Crippen molar-refractivity contribution in [2.24, 2.45) is 0 Å². The van der Waals surface area contributed by atoms with E-state index in [-0.39, 0.29) is 18.5 Å². The number of aryl methyl sites for hydroxylation is 1. The van der Waals surface area contributed by atoms with Crippen molar-refractivity contribution >= 4 is 43.5 Å². The zero-order chi connectivity index (χ0) is 29.4. The first-order valence-corrected chi connectivity index (χ1v) is 16.7. The Morgan fingerprint density at radius 3 is 2.15 bits per heavy atom. The van der Waals surface area contributed by atoms with Crippen LogP contribution in [0.4, 0.5) is 5.69 Å². The maximum atomic E-state index is 14.2. The first-order valence-electron chi connectivity index (χ1n) is 14.0. The topological polar surface area (TPSA) is 86.8 Å². The van der Waals surface area contributed by atoms with Gasteiger partial charge in [-0.1, -0.05) is 95.4 Å². The summed E-state index contributed by atoms with van der Waals surface area (Å²) < 4.78 is 27.8. The summed E-state index contributed by atoms with van der Waals surface area (Å²) in [6.45, 7) is 1.66. The number of benzene rings is 3. The summed E-state index contributed by atoms with van der Waals surface area (Å²) in [5, 5.41) is 3.22. The Hall–Kier alpha value is -3.17. The Bertz CT molecular complexity index is 1410. The van der Waals surface area contributed by atoms with E-state index in [4.69, 9.17) is 0 Å². The van der Waals surface area contributed by atoms with Crippen molar-refractivity contribution in [3.05, 3.63) is 100 Å². The summed E-state index contributed by atoms with van der Waals surface area (Å²) in [4.78, 5) is 29.7. The monoisotopic (exact) mass is 639 g/mol. The van der Waals surface area contributed by atoms with Gasteiger partial charge in [0.05, 0.1) is 11.9 Å². The van der Waals surface area contributed by atoms with Crippen molar-refractivity contribution in [3.8, 4) is 0 Å². The van der Waals surface area contributed by atoms with Crippen LogP contribution in [-0.2, 0) is 32.6 Å². The minimum atomic E-state index is -3.79. The van der Waals surface area contributed by atoms with E-state index in [1.807, 2.05) is 73.7 Å². The molecule has 3 aromatic rings. The average molecular weight is 641 g/mol. The van der Waals surface area contributed by atoms with E-state index in [9.17, 15) is 18.0 Å². The van der Waals surface area contributed by atoms with Crippen LogP contribution in [0.1, 0.15) is 48.8 Å². The highest BCUT2D eigenvalue weighted by atomic mass is 79.9. The normalized spacial score (nSPS) is 14.7. The van der Waals surface area contributed by atoms with Crippen LogP contribution < -0.4 is 9.62 Å². The summed E-state index contributed by atoms with van der Waals surface area (Å²) in [6.07, 6.45) is 6.53. The summed E-state index contributed by atoms with van der Waals surface area (Å²) >= 11 is 3.46. The molecular formula is C32H38BrN3O4S. The predicted octanol–water partition coefficient (Wildman–Crippen LogP) is 5.61. The lowest BCUT2D eigenvalue weighted by molar-refractivity contribution is -0.140. The van der Waals surface area contributed by atoms with E-state index in [0.717, 1.165) is 63.8 Å². The Labute approximate surface area is 252 Å². The van der Waals surface area contributed by atoms with E-state index in [1.54, 1.807) is 17.0 Å². The van der Waals surface area contributed by atoms with Crippen molar-refractivity contribution in [1.29, 1.82) is 0 Å². The molecular weight excluding hydrogens is 602 g/mol. The van der Waals surface area contributed by atoms with Gasteiger partial charge in [-0.25, -0.2) is 8.42 Å². The van der Waals surface area contributed by atoms with Crippen LogP contribution in [-0.4, -0.2) is 50.0 Å². The molecule has 1 atom stereocenters. The van der Waals surface area contributed by atoms with E-state index >= 15 is 0 Å². The van der Waals surface area contributed by atoms with E-state index in [0.29, 0.717) is 12.1 Å². The Morgan fingerprint density at radius 1 is 0.902 bits per heavy atom. The SMILES string of the molecule is Cc1ccc(N(CC(=O)N(Cc2ccc(Br)cc2)[C@H](Cc2ccccc2)C(=O)NC2CCCCC2)S(C)(=O)=O)cc1. The van der Waals surface area contributed by atoms with E-state index in [2.05, 4.69) is 21.2 Å². The van der Waals surface area contributed by atoms with Gasteiger partial charge in [0.2, 0.25) is 21.8 Å². The molecule has 0 heterocycles. The quantitative estimate of drug-likeness (QED) is 0.295. The van der Waals surface area contributed by atoms with Crippen LogP contribution >= 0.6 is 15.9 Å². The van der Waals surface area contributed by atoms with Gasteiger partial charge >= 0.3 is 0 Å². The van der Waals surface area contributed by atoms with Gasteiger partial charge in [0.25, 0.3) is 0 Å². The number of nitrogens with one attached hydrogen (secondary N) is 1. The van der Waals surface area contributed by atoms with Gasteiger partial charge < -0.3 is 10.2 Å². The number of carbonyl (C=O) groups excluding carboxylic acids is 2. The highest BCUT2D eigenvalue weighted by molar-refractivity contribution is 9.10. The van der Waals surface area contributed by atoms with Crippen molar-refractivity contribution in [3.63, 3.8) is 0 Å². The first-order chi connectivity index (χ1) is 19.6. The lowest BCUT2D eigenvalue weighted by atomic mass is 9.94. The zero-order valence-electron chi connectivity index (χ0n) is 23.6. The molecule has 1 N–H and O–H groups in total. The highest BCUT2D eigenvalue weighted by Gasteiger charge is 2.34. The van der Waals surface area contributed by atoms with Crippen LogP contribution in [0.3, 0.4) is 0 Å². The van der Waals surface area contributed by atoms with E-state index < -0.39 is 28.5 Å². The Balaban J connectivity index is 1.71. The van der Waals surface area contributed by atoms with Gasteiger partial charge in [-0.2, -0.15) is 0 Å². The average Bonchev–Trinajstić information content (AvgIpc) is 2.95. The molecule has 0 radical (unpaired) electrons. The number of carbonyl (C=O) groups is 2. The van der Waals surface area contributed by atoms with Crippen LogP contribution in [0.2, 0.25) is 0 Å². The molecule has 0 aromatic heterocycles. The standard InChI is InChI=1S/C32H38BrN3O4S/c1-24-13-19-29(20-14-24)36(41(2,39)40)23-31(37)35(22-26-15-17-27(33)18-16-26)30(21-25-9-5-3-6-10-25)32(38)34-28-11-7-4-8-12-28/h3,5-6,9-10,13-20,28,30H,4,7-8,11-12,21-23H2,1-2H3,(H,34,38)/t30-/m1/s1. The van der Waals surface area contributed by atoms with Crippen LogP contribution in [0, 0.1) is 6.92 Å². The molecule has 0 aliphatic heterocycles. The third kappa shape index (κ3) is 8.91. The Morgan fingerprint density at radius 2 is 1.54 bits per heavy atom. The number of rotatable bonds is 11. The number of halogens is 1. The molecule has 1 fully saturated rings. The highest BCUT2D eigenvalue weighted by Crippen LogP contribution is 2.23. The number of sulfonamides is 1. The van der Waals surface area contributed by atoms with Gasteiger partial charge in [0.1, 0.15) is 12.6 Å². The second-order valence-electron chi connectivity index (χ2n) is 10.8. The molecule has 0 bridgehead atoms. The van der Waals surface area contributed by atoms with Gasteiger partial charge in [-0.15, -0.1) is 0 Å². The lowest BCUT2D eigenvalue weighted by Gasteiger charge is -2.35. The Kier molecular flexibility index (Phi) is 10.6. The molecule has 1 saturated carbocycles.